The lowest BCUT2D eigenvalue weighted by Crippen LogP contribution is -2.36. The summed E-state index contributed by atoms with van der Waals surface area (Å²) in [6.45, 7) is 0. The molecule has 2 aromatic rings. The van der Waals surface area contributed by atoms with Crippen LogP contribution < -0.4 is 15.0 Å². The fraction of sp³-hybridized carbons (Fsp3) is 0.364. The van der Waals surface area contributed by atoms with E-state index in [1.807, 2.05) is 61.6 Å². The van der Waals surface area contributed by atoms with Crippen molar-refractivity contribution in [1.82, 2.24) is 0 Å². The van der Waals surface area contributed by atoms with Crippen LogP contribution in [0.15, 0.2) is 54.6 Å². The molecule has 1 fully saturated rings. The van der Waals surface area contributed by atoms with Crippen molar-refractivity contribution in [3.05, 3.63) is 54.6 Å². The van der Waals surface area contributed by atoms with E-state index in [9.17, 15) is 9.59 Å². The highest BCUT2D eigenvalue weighted by Gasteiger charge is 2.31. The van der Waals surface area contributed by atoms with Gasteiger partial charge in [-0.05, 0) is 49.9 Å². The lowest BCUT2D eigenvalue weighted by molar-refractivity contribution is -0.126. The van der Waals surface area contributed by atoms with Gasteiger partial charge in [0.15, 0.2) is 0 Å². The van der Waals surface area contributed by atoms with Gasteiger partial charge in [-0.1, -0.05) is 30.3 Å². The Morgan fingerprint density at radius 1 is 0.926 bits per heavy atom. The Labute approximate surface area is 160 Å². The van der Waals surface area contributed by atoms with E-state index < -0.39 is 0 Å². The van der Waals surface area contributed by atoms with E-state index in [-0.39, 0.29) is 23.7 Å². The molecule has 1 saturated carbocycles. The van der Waals surface area contributed by atoms with Crippen molar-refractivity contribution in [1.29, 1.82) is 0 Å². The molecule has 0 unspecified atom stereocenters. The van der Waals surface area contributed by atoms with Crippen LogP contribution in [-0.4, -0.2) is 26.0 Å². The van der Waals surface area contributed by atoms with Crippen LogP contribution in [0.25, 0.3) is 0 Å². The Morgan fingerprint density at radius 2 is 1.52 bits per heavy atom. The predicted octanol–water partition coefficient (Wildman–Crippen LogP) is 4.10. The lowest BCUT2D eigenvalue weighted by atomic mass is 9.81. The largest absolute Gasteiger partial charge is 0.495 e. The molecule has 5 heteroatoms. The van der Waals surface area contributed by atoms with Gasteiger partial charge in [-0.25, -0.2) is 0 Å². The summed E-state index contributed by atoms with van der Waals surface area (Å²) in [6.07, 6.45) is 2.92. The van der Waals surface area contributed by atoms with Crippen molar-refractivity contribution < 1.29 is 14.3 Å². The van der Waals surface area contributed by atoms with E-state index in [4.69, 9.17) is 4.74 Å². The first-order chi connectivity index (χ1) is 13.1. The highest BCUT2D eigenvalue weighted by atomic mass is 16.5. The molecule has 2 aromatic carbocycles. The molecule has 142 valence electrons. The normalized spacial score (nSPS) is 19.2. The molecule has 1 aliphatic carbocycles. The Morgan fingerprint density at radius 3 is 2.19 bits per heavy atom. The van der Waals surface area contributed by atoms with Gasteiger partial charge in [0.25, 0.3) is 0 Å². The number of anilines is 2. The number of hydrogen-bond acceptors (Lipinski definition) is 3. The predicted molar refractivity (Wildman–Crippen MR) is 107 cm³/mol. The molecular weight excluding hydrogens is 340 g/mol. The number of para-hydroxylation sites is 3. The van der Waals surface area contributed by atoms with Crippen LogP contribution in [0, 0.1) is 11.8 Å². The summed E-state index contributed by atoms with van der Waals surface area (Å²) < 4.78 is 5.29. The summed E-state index contributed by atoms with van der Waals surface area (Å²) in [5, 5.41) is 2.96. The maximum atomic E-state index is 12.8. The van der Waals surface area contributed by atoms with Crippen LogP contribution in [0.3, 0.4) is 0 Å². The Balaban J connectivity index is 1.55. The molecular formula is C22H26N2O3. The molecule has 0 atom stereocenters. The molecule has 5 nitrogen and oxygen atoms in total. The second kappa shape index (κ2) is 8.71. The molecule has 0 heterocycles. The molecule has 0 spiro atoms. The average Bonchev–Trinajstić information content (AvgIpc) is 2.73. The minimum Gasteiger partial charge on any atom is -0.495 e. The van der Waals surface area contributed by atoms with Crippen molar-refractivity contribution in [2.45, 2.75) is 25.7 Å². The van der Waals surface area contributed by atoms with Crippen molar-refractivity contribution >= 4 is 23.2 Å². The first-order valence-electron chi connectivity index (χ1n) is 9.36. The number of amides is 2. The Kier molecular flexibility index (Phi) is 6.12. The number of ether oxygens (including phenoxy) is 1. The van der Waals surface area contributed by atoms with Crippen LogP contribution in [-0.2, 0) is 9.59 Å². The van der Waals surface area contributed by atoms with Crippen LogP contribution >= 0.6 is 0 Å². The van der Waals surface area contributed by atoms with Crippen molar-refractivity contribution in [3.8, 4) is 5.75 Å². The molecule has 0 aliphatic heterocycles. The van der Waals surface area contributed by atoms with Gasteiger partial charge in [-0.2, -0.15) is 0 Å². The number of benzene rings is 2. The van der Waals surface area contributed by atoms with Gasteiger partial charge in [0.1, 0.15) is 5.75 Å². The third-order valence-electron chi connectivity index (χ3n) is 5.29. The zero-order valence-corrected chi connectivity index (χ0v) is 15.9. The smallest absolute Gasteiger partial charge is 0.229 e. The second-order valence-electron chi connectivity index (χ2n) is 6.97. The number of nitrogens with one attached hydrogen (secondary N) is 1. The maximum Gasteiger partial charge on any atom is 0.229 e. The number of methoxy groups -OCH3 is 1. The third-order valence-corrected chi connectivity index (χ3v) is 5.29. The maximum absolute atomic E-state index is 12.8. The van der Waals surface area contributed by atoms with Crippen LogP contribution in [0.2, 0.25) is 0 Å². The van der Waals surface area contributed by atoms with E-state index in [1.54, 1.807) is 12.0 Å². The number of nitrogens with zero attached hydrogens (tertiary/aromatic N) is 1. The van der Waals surface area contributed by atoms with Crippen molar-refractivity contribution in [2.24, 2.45) is 11.8 Å². The second-order valence-corrected chi connectivity index (χ2v) is 6.97. The fourth-order valence-corrected chi connectivity index (χ4v) is 3.64. The summed E-state index contributed by atoms with van der Waals surface area (Å²) in [7, 11) is 3.41. The monoisotopic (exact) mass is 366 g/mol. The van der Waals surface area contributed by atoms with Crippen LogP contribution in [0.1, 0.15) is 25.7 Å². The summed E-state index contributed by atoms with van der Waals surface area (Å²) in [5.74, 6) is 0.692. The molecule has 3 rings (SSSR count). The Hall–Kier alpha value is -2.82. The summed E-state index contributed by atoms with van der Waals surface area (Å²) in [6, 6.07) is 17.1. The summed E-state index contributed by atoms with van der Waals surface area (Å²) in [5.41, 5.74) is 1.59. The SMILES string of the molecule is COc1ccccc1NC(=O)C1CCC(C(=O)N(C)c2ccccc2)CC1. The van der Waals surface area contributed by atoms with E-state index in [0.717, 1.165) is 31.4 Å². The molecule has 0 saturated heterocycles. The van der Waals surface area contributed by atoms with Gasteiger partial charge in [0, 0.05) is 24.6 Å². The van der Waals surface area contributed by atoms with Gasteiger partial charge in [0.05, 0.1) is 12.8 Å². The van der Waals surface area contributed by atoms with Gasteiger partial charge in [-0.15, -0.1) is 0 Å². The molecule has 1 N–H and O–H groups in total. The first kappa shape index (κ1) is 19.0. The molecule has 27 heavy (non-hydrogen) atoms. The van der Waals surface area contributed by atoms with E-state index in [2.05, 4.69) is 5.32 Å². The van der Waals surface area contributed by atoms with Crippen molar-refractivity contribution in [2.75, 3.05) is 24.4 Å². The molecule has 2 amide bonds. The highest BCUT2D eigenvalue weighted by Crippen LogP contribution is 2.32. The minimum atomic E-state index is -0.0685. The van der Waals surface area contributed by atoms with E-state index in [1.165, 1.54) is 0 Å². The average molecular weight is 366 g/mol. The number of carbonyl (C=O) groups is 2. The number of carbonyl (C=O) groups excluding carboxylic acids is 2. The van der Waals surface area contributed by atoms with Gasteiger partial charge >= 0.3 is 0 Å². The third kappa shape index (κ3) is 4.48. The molecule has 0 radical (unpaired) electrons. The van der Waals surface area contributed by atoms with Gasteiger partial charge in [0.2, 0.25) is 11.8 Å². The standard InChI is InChI=1S/C22H26N2O3/c1-24(18-8-4-3-5-9-18)22(26)17-14-12-16(13-15-17)21(25)23-19-10-6-7-11-20(19)27-2/h3-11,16-17H,12-15H2,1-2H3,(H,23,25). The summed E-state index contributed by atoms with van der Waals surface area (Å²) in [4.78, 5) is 27.1. The van der Waals surface area contributed by atoms with E-state index >= 15 is 0 Å². The molecule has 0 bridgehead atoms. The lowest BCUT2D eigenvalue weighted by Gasteiger charge is -2.30. The van der Waals surface area contributed by atoms with Crippen LogP contribution in [0.5, 0.6) is 5.75 Å². The highest BCUT2D eigenvalue weighted by molar-refractivity contribution is 5.96. The Bertz CT molecular complexity index is 783. The summed E-state index contributed by atoms with van der Waals surface area (Å²) >= 11 is 0. The van der Waals surface area contributed by atoms with E-state index in [0.29, 0.717) is 11.4 Å². The minimum absolute atomic E-state index is 0.00168. The van der Waals surface area contributed by atoms with Gasteiger partial charge < -0.3 is 15.0 Å². The topological polar surface area (TPSA) is 58.6 Å². The van der Waals surface area contributed by atoms with Crippen molar-refractivity contribution in [3.63, 3.8) is 0 Å². The first-order valence-corrected chi connectivity index (χ1v) is 9.36. The van der Waals surface area contributed by atoms with Gasteiger partial charge in [-0.3, -0.25) is 9.59 Å². The number of rotatable bonds is 5. The zero-order valence-electron chi connectivity index (χ0n) is 15.9. The van der Waals surface area contributed by atoms with Crippen LogP contribution in [0.4, 0.5) is 11.4 Å². The molecule has 0 aromatic heterocycles. The fourth-order valence-electron chi connectivity index (χ4n) is 3.64. The zero-order chi connectivity index (χ0) is 19.2. The number of hydrogen-bond donors (Lipinski definition) is 1. The quantitative estimate of drug-likeness (QED) is 0.867. The molecule has 1 aliphatic rings.